The summed E-state index contributed by atoms with van der Waals surface area (Å²) in [7, 11) is 0. The molecule has 0 spiro atoms. The van der Waals surface area contributed by atoms with Gasteiger partial charge in [-0.15, -0.1) is 0 Å². The number of aromatic nitrogens is 4. The Morgan fingerprint density at radius 2 is 1.73 bits per heavy atom. The van der Waals surface area contributed by atoms with E-state index in [9.17, 15) is 4.79 Å². The van der Waals surface area contributed by atoms with Crippen molar-refractivity contribution in [2.75, 3.05) is 5.32 Å². The minimum atomic E-state index is -0.162. The Labute approximate surface area is 187 Å². The van der Waals surface area contributed by atoms with E-state index in [0.29, 0.717) is 28.7 Å². The minimum Gasteiger partial charge on any atom is -0.439 e. The third-order valence-electron chi connectivity index (χ3n) is 4.30. The fourth-order valence-corrected chi connectivity index (χ4v) is 3.25. The first-order valence-electron chi connectivity index (χ1n) is 9.18. The number of hydrogen-bond acceptors (Lipinski definition) is 5. The van der Waals surface area contributed by atoms with Gasteiger partial charge in [-0.2, -0.15) is 5.10 Å². The number of ether oxygens (including phenoxy) is 1. The van der Waals surface area contributed by atoms with Crippen LogP contribution in [0.2, 0.25) is 0 Å². The number of halogens is 1. The fourth-order valence-electron chi connectivity index (χ4n) is 2.89. The Kier molecular flexibility index (Phi) is 5.75. The Balaban J connectivity index is 1.45. The van der Waals surface area contributed by atoms with E-state index in [1.165, 1.54) is 6.33 Å². The molecule has 0 atom stereocenters. The number of carbonyl (C=O) groups is 1. The molecule has 0 saturated carbocycles. The van der Waals surface area contributed by atoms with Crippen molar-refractivity contribution < 1.29 is 9.53 Å². The average Bonchev–Trinajstić information content (AvgIpc) is 3.08. The standard InChI is InChI=1S/C22H18IN5O2/c1-14-11-15(2)28(27-14)20-12-21(25-13-24-20)30-19-9-7-18(8-10-19)26-22(29)16-3-5-17(23)6-4-16/h3-13H,1-2H3,(H,26,29). The lowest BCUT2D eigenvalue weighted by molar-refractivity contribution is 0.102. The summed E-state index contributed by atoms with van der Waals surface area (Å²) < 4.78 is 8.66. The lowest BCUT2D eigenvalue weighted by Crippen LogP contribution is -2.11. The van der Waals surface area contributed by atoms with Crippen molar-refractivity contribution in [3.63, 3.8) is 0 Å². The van der Waals surface area contributed by atoms with Gasteiger partial charge in [-0.05, 0) is 91.0 Å². The lowest BCUT2D eigenvalue weighted by atomic mass is 10.2. The van der Waals surface area contributed by atoms with Crippen molar-refractivity contribution in [3.8, 4) is 17.4 Å². The Hall–Kier alpha value is -3.27. The Morgan fingerprint density at radius 1 is 1.00 bits per heavy atom. The largest absolute Gasteiger partial charge is 0.439 e. The minimum absolute atomic E-state index is 0.162. The molecule has 0 fully saturated rings. The molecule has 0 aliphatic carbocycles. The number of nitrogens with zero attached hydrogens (tertiary/aromatic N) is 4. The van der Waals surface area contributed by atoms with Crippen molar-refractivity contribution in [3.05, 3.63) is 87.5 Å². The number of rotatable bonds is 5. The van der Waals surface area contributed by atoms with Gasteiger partial charge in [0.25, 0.3) is 5.91 Å². The molecular weight excluding hydrogens is 493 g/mol. The number of nitrogens with one attached hydrogen (secondary N) is 1. The third kappa shape index (κ3) is 4.65. The molecule has 30 heavy (non-hydrogen) atoms. The number of amides is 1. The summed E-state index contributed by atoms with van der Waals surface area (Å²) >= 11 is 2.20. The summed E-state index contributed by atoms with van der Waals surface area (Å²) in [6.07, 6.45) is 1.44. The first kappa shape index (κ1) is 20.0. The second-order valence-electron chi connectivity index (χ2n) is 6.64. The van der Waals surface area contributed by atoms with Crippen LogP contribution in [0.5, 0.6) is 11.6 Å². The molecular formula is C22H18IN5O2. The van der Waals surface area contributed by atoms with E-state index in [1.807, 2.05) is 32.0 Å². The molecule has 4 aromatic rings. The van der Waals surface area contributed by atoms with Crippen LogP contribution in [0.15, 0.2) is 67.0 Å². The van der Waals surface area contributed by atoms with Crippen molar-refractivity contribution in [2.24, 2.45) is 0 Å². The van der Waals surface area contributed by atoms with E-state index in [0.717, 1.165) is 15.0 Å². The van der Waals surface area contributed by atoms with Gasteiger partial charge < -0.3 is 10.1 Å². The van der Waals surface area contributed by atoms with Crippen molar-refractivity contribution in [1.82, 2.24) is 19.7 Å². The summed E-state index contributed by atoms with van der Waals surface area (Å²) in [5.74, 6) is 1.47. The molecule has 0 aliphatic heterocycles. The Bertz CT molecular complexity index is 1190. The smallest absolute Gasteiger partial charge is 0.255 e. The van der Waals surface area contributed by atoms with Crippen molar-refractivity contribution in [1.29, 1.82) is 0 Å². The molecule has 4 rings (SSSR count). The maximum atomic E-state index is 12.3. The SMILES string of the molecule is Cc1cc(C)n(-c2cc(Oc3ccc(NC(=O)c4ccc(I)cc4)cc3)ncn2)n1. The first-order valence-corrected chi connectivity index (χ1v) is 10.3. The number of aryl methyl sites for hydroxylation is 2. The normalized spacial score (nSPS) is 10.6. The molecule has 1 amide bonds. The molecule has 0 unspecified atom stereocenters. The molecule has 0 aliphatic rings. The molecule has 0 saturated heterocycles. The van der Waals surface area contributed by atoms with Gasteiger partial charge in [0.05, 0.1) is 5.69 Å². The second kappa shape index (κ2) is 8.62. The van der Waals surface area contributed by atoms with Crippen LogP contribution in [-0.2, 0) is 0 Å². The van der Waals surface area contributed by atoms with E-state index >= 15 is 0 Å². The van der Waals surface area contributed by atoms with E-state index in [-0.39, 0.29) is 5.91 Å². The quantitative estimate of drug-likeness (QED) is 0.385. The average molecular weight is 511 g/mol. The number of benzene rings is 2. The summed E-state index contributed by atoms with van der Waals surface area (Å²) in [5, 5.41) is 7.30. The predicted octanol–water partition coefficient (Wildman–Crippen LogP) is 4.93. The summed E-state index contributed by atoms with van der Waals surface area (Å²) in [4.78, 5) is 20.8. The highest BCUT2D eigenvalue weighted by Gasteiger charge is 2.09. The van der Waals surface area contributed by atoms with Crippen LogP contribution in [0.1, 0.15) is 21.7 Å². The highest BCUT2D eigenvalue weighted by Crippen LogP contribution is 2.23. The monoisotopic (exact) mass is 511 g/mol. The molecule has 0 bridgehead atoms. The predicted molar refractivity (Wildman–Crippen MR) is 122 cm³/mol. The van der Waals surface area contributed by atoms with Gasteiger partial charge in [0.1, 0.15) is 12.1 Å². The molecule has 2 aromatic heterocycles. The molecule has 2 aromatic carbocycles. The molecule has 2 heterocycles. The molecule has 8 heteroatoms. The first-order chi connectivity index (χ1) is 14.5. The highest BCUT2D eigenvalue weighted by atomic mass is 127. The van der Waals surface area contributed by atoms with Crippen LogP contribution >= 0.6 is 22.6 Å². The van der Waals surface area contributed by atoms with Gasteiger partial charge in [-0.3, -0.25) is 4.79 Å². The van der Waals surface area contributed by atoms with Crippen LogP contribution in [0, 0.1) is 17.4 Å². The molecule has 150 valence electrons. The van der Waals surface area contributed by atoms with E-state index in [1.54, 1.807) is 47.1 Å². The maximum absolute atomic E-state index is 12.3. The van der Waals surface area contributed by atoms with Crippen LogP contribution in [0.4, 0.5) is 5.69 Å². The maximum Gasteiger partial charge on any atom is 0.255 e. The summed E-state index contributed by atoms with van der Waals surface area (Å²) in [6.45, 7) is 3.90. The fraction of sp³-hybridized carbons (Fsp3) is 0.0909. The van der Waals surface area contributed by atoms with E-state index < -0.39 is 0 Å². The van der Waals surface area contributed by atoms with Gasteiger partial charge in [-0.1, -0.05) is 0 Å². The van der Waals surface area contributed by atoms with Gasteiger partial charge in [-0.25, -0.2) is 14.6 Å². The molecule has 7 nitrogen and oxygen atoms in total. The van der Waals surface area contributed by atoms with Crippen LogP contribution in [-0.4, -0.2) is 25.7 Å². The van der Waals surface area contributed by atoms with Gasteiger partial charge in [0.2, 0.25) is 5.88 Å². The van der Waals surface area contributed by atoms with Gasteiger partial charge in [0, 0.05) is 26.6 Å². The highest BCUT2D eigenvalue weighted by molar-refractivity contribution is 14.1. The van der Waals surface area contributed by atoms with Gasteiger partial charge in [0.15, 0.2) is 5.82 Å². The van der Waals surface area contributed by atoms with E-state index in [4.69, 9.17) is 4.74 Å². The molecule has 0 radical (unpaired) electrons. The van der Waals surface area contributed by atoms with E-state index in [2.05, 4.69) is 43.0 Å². The van der Waals surface area contributed by atoms with Crippen LogP contribution < -0.4 is 10.1 Å². The number of anilines is 1. The lowest BCUT2D eigenvalue weighted by Gasteiger charge is -2.09. The zero-order chi connectivity index (χ0) is 21.1. The Morgan fingerprint density at radius 3 is 2.40 bits per heavy atom. The number of carbonyl (C=O) groups excluding carboxylic acids is 1. The zero-order valence-electron chi connectivity index (χ0n) is 16.3. The summed E-state index contributed by atoms with van der Waals surface area (Å²) in [5.41, 5.74) is 3.17. The number of hydrogen-bond donors (Lipinski definition) is 1. The third-order valence-corrected chi connectivity index (χ3v) is 5.01. The second-order valence-corrected chi connectivity index (χ2v) is 7.89. The van der Waals surface area contributed by atoms with Crippen molar-refractivity contribution >= 4 is 34.2 Å². The topological polar surface area (TPSA) is 81.9 Å². The van der Waals surface area contributed by atoms with Crippen molar-refractivity contribution in [2.45, 2.75) is 13.8 Å². The zero-order valence-corrected chi connectivity index (χ0v) is 18.5. The van der Waals surface area contributed by atoms with Crippen LogP contribution in [0.3, 0.4) is 0 Å². The van der Waals surface area contributed by atoms with Crippen LogP contribution in [0.25, 0.3) is 5.82 Å². The molecule has 1 N–H and O–H groups in total. The van der Waals surface area contributed by atoms with Gasteiger partial charge >= 0.3 is 0 Å². The summed E-state index contributed by atoms with van der Waals surface area (Å²) in [6, 6.07) is 18.2.